The molecule has 0 saturated carbocycles. The van der Waals surface area contributed by atoms with E-state index in [0.717, 1.165) is 44.9 Å². The van der Waals surface area contributed by atoms with Gasteiger partial charge < -0.3 is 89.9 Å². The zero-order valence-electron chi connectivity index (χ0n) is 67.9. The summed E-state index contributed by atoms with van der Waals surface area (Å²) in [7, 11) is 0. The number of rotatable bonds is 73. The van der Waals surface area contributed by atoms with E-state index in [1.165, 1.54) is 308 Å². The van der Waals surface area contributed by atoms with Gasteiger partial charge >= 0.3 is 0 Å². The molecule has 0 radical (unpaired) electrons. The Hall–Kier alpha value is -1.99. The first-order valence-corrected chi connectivity index (χ1v) is 44.7. The zero-order chi connectivity index (χ0) is 77.4. The van der Waals surface area contributed by atoms with Crippen LogP contribution in [0.1, 0.15) is 386 Å². The predicted octanol–water partition coefficient (Wildman–Crippen LogP) is 16.6. The van der Waals surface area contributed by atoms with E-state index in [4.69, 9.17) is 28.4 Å². The van der Waals surface area contributed by atoms with Crippen LogP contribution in [0.3, 0.4) is 0 Å². The maximum atomic E-state index is 13.5. The van der Waals surface area contributed by atoms with Gasteiger partial charge in [-0.15, -0.1) is 0 Å². The summed E-state index contributed by atoms with van der Waals surface area (Å²) in [5, 5.41) is 121. The third-order valence-corrected chi connectivity index (χ3v) is 22.4. The smallest absolute Gasteiger partial charge is 0.220 e. The third kappa shape index (κ3) is 47.5. The van der Waals surface area contributed by atoms with Gasteiger partial charge in [-0.2, -0.15) is 0 Å². The average Bonchev–Trinajstić information content (AvgIpc) is 0.780. The molecule has 19 nitrogen and oxygen atoms in total. The molecule has 0 aromatic carbocycles. The Balaban J connectivity index is 1.29. The molecule has 0 aromatic heterocycles. The number of ether oxygens (including phenoxy) is 6. The van der Waals surface area contributed by atoms with Crippen molar-refractivity contribution in [1.82, 2.24) is 5.32 Å². The Labute approximate surface area is 651 Å². The van der Waals surface area contributed by atoms with Crippen LogP contribution in [0.4, 0.5) is 0 Å². The fourth-order valence-corrected chi connectivity index (χ4v) is 15.3. The van der Waals surface area contributed by atoms with Crippen LogP contribution in [0.5, 0.6) is 0 Å². The number of unbranched alkanes of at least 4 members (excludes halogenated alkanes) is 53. The number of allylic oxidation sites excluding steroid dienone is 5. The maximum absolute atomic E-state index is 13.5. The lowest BCUT2D eigenvalue weighted by atomic mass is 9.96. The van der Waals surface area contributed by atoms with Gasteiger partial charge in [0.2, 0.25) is 5.91 Å². The van der Waals surface area contributed by atoms with E-state index in [-0.39, 0.29) is 18.9 Å². The van der Waals surface area contributed by atoms with Gasteiger partial charge in [-0.05, 0) is 44.9 Å². The second-order valence-corrected chi connectivity index (χ2v) is 32.1. The first kappa shape index (κ1) is 99.2. The molecular formula is C88H165NO18. The van der Waals surface area contributed by atoms with Gasteiger partial charge in [0.1, 0.15) is 73.2 Å². The molecule has 17 atom stereocenters. The summed E-state index contributed by atoms with van der Waals surface area (Å²) in [5.41, 5.74) is 0. The lowest BCUT2D eigenvalue weighted by molar-refractivity contribution is -0.379. The Bertz CT molecular complexity index is 2070. The number of hydrogen-bond donors (Lipinski definition) is 12. The monoisotopic (exact) mass is 1520 g/mol. The normalized spacial score (nSPS) is 25.6. The number of aliphatic hydroxyl groups is 11. The summed E-state index contributed by atoms with van der Waals surface area (Å²) in [6, 6.07) is -0.996. The molecule has 3 aliphatic heterocycles. The highest BCUT2D eigenvalue weighted by molar-refractivity contribution is 5.76. The van der Waals surface area contributed by atoms with Crippen molar-refractivity contribution >= 4 is 5.91 Å². The second-order valence-electron chi connectivity index (χ2n) is 32.1. The molecule has 3 aliphatic rings. The van der Waals surface area contributed by atoms with E-state index in [1.54, 1.807) is 6.08 Å². The van der Waals surface area contributed by atoms with Crippen molar-refractivity contribution in [3.63, 3.8) is 0 Å². The van der Waals surface area contributed by atoms with Crippen LogP contribution >= 0.6 is 0 Å². The van der Waals surface area contributed by atoms with Crippen LogP contribution in [0, 0.1) is 0 Å². The molecule has 630 valence electrons. The van der Waals surface area contributed by atoms with Crippen molar-refractivity contribution in [2.75, 3.05) is 26.4 Å². The number of carbonyl (C=O) groups is 1. The standard InChI is InChI=1S/C88H165NO18/c1-3-5-7-9-11-13-15-17-19-21-23-25-26-27-28-29-30-31-32-33-34-35-36-37-38-39-40-41-42-43-44-46-48-50-52-54-56-58-60-62-64-66-76(94)89-71(72(93)65-63-61-59-57-55-53-51-49-47-45-24-22-20-18-16-14-12-10-8-6-4-2)70-102-86-82(100)79(97)84(74(68-91)104-86)107-88-83(101)80(98)85(75(69-92)105-88)106-87-81(99)78(96)77(95)73(67-90)103-87/h47,49,55,57,63,65,71-75,77-88,90-93,95-101H,3-46,48,50-54,56,58-62,64,66-70H2,1-2H3,(H,89,94)/b49-47+,57-55+,65-63+. The lowest BCUT2D eigenvalue weighted by Crippen LogP contribution is -2.66. The van der Waals surface area contributed by atoms with Crippen molar-refractivity contribution < 1.29 is 89.4 Å². The molecule has 0 spiro atoms. The molecule has 3 saturated heterocycles. The molecule has 0 aromatic rings. The van der Waals surface area contributed by atoms with Gasteiger partial charge in [-0.3, -0.25) is 4.79 Å². The maximum Gasteiger partial charge on any atom is 0.220 e. The SMILES string of the molecule is CCCCCCCCCCCCC/C=C/CC/C=C/CC/C=C/C(O)C(COC1OC(CO)C(OC2OC(CO)C(OC3OC(CO)C(O)C(O)C3O)C(O)C2O)C(O)C1O)NC(=O)CCCCCCCCCCCCCCCCCCCCCCCCCCCCCCCCCCCCCCCCCCC. The van der Waals surface area contributed by atoms with Gasteiger partial charge in [-0.1, -0.05) is 371 Å². The Kier molecular flexibility index (Phi) is 63.4. The first-order chi connectivity index (χ1) is 52.3. The van der Waals surface area contributed by atoms with Crippen molar-refractivity contribution in [2.45, 2.75) is 491 Å². The molecule has 3 fully saturated rings. The Morgan fingerprint density at radius 2 is 0.598 bits per heavy atom. The summed E-state index contributed by atoms with van der Waals surface area (Å²) in [6.07, 6.45) is 60.4. The summed E-state index contributed by atoms with van der Waals surface area (Å²) in [5.74, 6) is -0.282. The van der Waals surface area contributed by atoms with Crippen LogP contribution in [-0.4, -0.2) is 193 Å². The minimum atomic E-state index is -1.98. The summed E-state index contributed by atoms with van der Waals surface area (Å²) >= 11 is 0. The van der Waals surface area contributed by atoms with E-state index in [9.17, 15) is 61.0 Å². The number of nitrogens with one attached hydrogen (secondary N) is 1. The number of carbonyl (C=O) groups excluding carboxylic acids is 1. The van der Waals surface area contributed by atoms with Crippen LogP contribution in [0.2, 0.25) is 0 Å². The fourth-order valence-electron chi connectivity index (χ4n) is 15.3. The highest BCUT2D eigenvalue weighted by Gasteiger charge is 2.54. The minimum Gasteiger partial charge on any atom is -0.394 e. The molecule has 107 heavy (non-hydrogen) atoms. The van der Waals surface area contributed by atoms with Gasteiger partial charge in [0.15, 0.2) is 18.9 Å². The number of hydrogen-bond acceptors (Lipinski definition) is 18. The molecule has 3 rings (SSSR count). The van der Waals surface area contributed by atoms with Crippen LogP contribution in [0.25, 0.3) is 0 Å². The van der Waals surface area contributed by atoms with E-state index in [0.29, 0.717) is 12.8 Å². The minimum absolute atomic E-state index is 0.237. The molecule has 17 unspecified atom stereocenters. The topological polar surface area (TPSA) is 307 Å². The summed E-state index contributed by atoms with van der Waals surface area (Å²) in [4.78, 5) is 13.5. The van der Waals surface area contributed by atoms with E-state index in [2.05, 4.69) is 43.5 Å². The third-order valence-electron chi connectivity index (χ3n) is 22.4. The van der Waals surface area contributed by atoms with Gasteiger partial charge in [0.05, 0.1) is 38.6 Å². The highest BCUT2D eigenvalue weighted by atomic mass is 16.8. The fraction of sp³-hybridized carbons (Fsp3) is 0.920. The van der Waals surface area contributed by atoms with Crippen LogP contribution < -0.4 is 5.32 Å². The predicted molar refractivity (Wildman–Crippen MR) is 429 cm³/mol. The second kappa shape index (κ2) is 68.4. The zero-order valence-corrected chi connectivity index (χ0v) is 67.9. The molecule has 3 heterocycles. The number of amides is 1. The van der Waals surface area contributed by atoms with Crippen molar-refractivity contribution in [1.29, 1.82) is 0 Å². The average molecular weight is 1530 g/mol. The van der Waals surface area contributed by atoms with Gasteiger partial charge in [0, 0.05) is 6.42 Å². The largest absolute Gasteiger partial charge is 0.394 e. The Morgan fingerprint density at radius 1 is 0.327 bits per heavy atom. The molecule has 0 aliphatic carbocycles. The van der Waals surface area contributed by atoms with Crippen LogP contribution in [-0.2, 0) is 33.2 Å². The van der Waals surface area contributed by atoms with Gasteiger partial charge in [-0.25, -0.2) is 0 Å². The highest BCUT2D eigenvalue weighted by Crippen LogP contribution is 2.34. The van der Waals surface area contributed by atoms with Crippen molar-refractivity contribution in [2.24, 2.45) is 0 Å². The lowest BCUT2D eigenvalue weighted by Gasteiger charge is -2.48. The molecular weight excluding hydrogens is 1360 g/mol. The molecule has 1 amide bonds. The number of aliphatic hydroxyl groups excluding tert-OH is 11. The quantitative estimate of drug-likeness (QED) is 0.0199. The van der Waals surface area contributed by atoms with Gasteiger partial charge in [0.25, 0.3) is 0 Å². The molecule has 19 heteroatoms. The Morgan fingerprint density at radius 3 is 0.935 bits per heavy atom. The molecule has 0 bridgehead atoms. The van der Waals surface area contributed by atoms with Crippen molar-refractivity contribution in [3.8, 4) is 0 Å². The summed E-state index contributed by atoms with van der Waals surface area (Å²) < 4.78 is 34.5. The summed E-state index contributed by atoms with van der Waals surface area (Å²) in [6.45, 7) is 1.77. The first-order valence-electron chi connectivity index (χ1n) is 44.7. The molecule has 12 N–H and O–H groups in total. The van der Waals surface area contributed by atoms with E-state index in [1.807, 2.05) is 6.08 Å². The van der Waals surface area contributed by atoms with E-state index >= 15 is 0 Å². The van der Waals surface area contributed by atoms with Crippen LogP contribution in [0.15, 0.2) is 36.5 Å². The van der Waals surface area contributed by atoms with E-state index < -0.39 is 124 Å². The van der Waals surface area contributed by atoms with Crippen molar-refractivity contribution in [3.05, 3.63) is 36.5 Å².